The summed E-state index contributed by atoms with van der Waals surface area (Å²) in [5.41, 5.74) is 1.10. The molecule has 0 aromatic rings. The van der Waals surface area contributed by atoms with Crippen LogP contribution in [0.25, 0.3) is 0 Å². The molecule has 0 spiro atoms. The molecule has 0 saturated carbocycles. The molecule has 0 N–H and O–H groups in total. The van der Waals surface area contributed by atoms with Gasteiger partial charge in [0.25, 0.3) is 0 Å². The monoisotopic (exact) mass is 306 g/mol. The first-order valence-corrected chi connectivity index (χ1v) is 15.7. The summed E-state index contributed by atoms with van der Waals surface area (Å²) in [6.45, 7) is 5.49. The van der Waals surface area contributed by atoms with Crippen LogP contribution in [-0.4, -0.2) is 15.0 Å². The Bertz CT molecular complexity index is 146. The Morgan fingerprint density at radius 1 is 1.50 bits per heavy atom. The Hall–Kier alpha value is 1.15. The first-order chi connectivity index (χ1) is 4.45. The molecule has 0 saturated heterocycles. The van der Waals surface area contributed by atoms with E-state index in [1.165, 1.54) is 0 Å². The fraction of sp³-hybridized carbons (Fsp3) is 0.333. The standard InChI is InChI=1S/C6H9.3ClH.Sn/c1-4-5-6(2)3;;;;/h4-5H,1-2H2,3H3;3*1H;/q;;;;+3/p-3/b6-5+;;;;. The fourth-order valence-corrected chi connectivity index (χ4v) is 6.96. The van der Waals surface area contributed by atoms with Gasteiger partial charge in [-0.05, 0) is 0 Å². The summed E-state index contributed by atoms with van der Waals surface area (Å²) >= 11 is -3.11. The van der Waals surface area contributed by atoms with Crippen LogP contribution in [0.1, 0.15) is 6.92 Å². The maximum atomic E-state index is 5.73. The third kappa shape index (κ3) is 7.26. The summed E-state index contributed by atoms with van der Waals surface area (Å²) in [6.07, 6.45) is 3.58. The Kier molecular flexibility index (Phi) is 5.48. The van der Waals surface area contributed by atoms with Gasteiger partial charge in [-0.1, -0.05) is 0 Å². The summed E-state index contributed by atoms with van der Waals surface area (Å²) in [4.78, 5) is 0. The van der Waals surface area contributed by atoms with E-state index in [1.54, 1.807) is 6.08 Å². The molecule has 0 unspecified atom stereocenters. The van der Waals surface area contributed by atoms with Crippen molar-refractivity contribution < 1.29 is 0 Å². The predicted octanol–water partition coefficient (Wildman–Crippen LogP) is 3.77. The van der Waals surface area contributed by atoms with Gasteiger partial charge in [0.15, 0.2) is 0 Å². The first-order valence-electron chi connectivity index (χ1n) is 2.80. The number of allylic oxidation sites excluding steroid dienone is 3. The average Bonchev–Trinajstić information content (AvgIpc) is 1.59. The van der Waals surface area contributed by atoms with Crippen LogP contribution in [-0.2, 0) is 0 Å². The van der Waals surface area contributed by atoms with Gasteiger partial charge < -0.3 is 0 Å². The van der Waals surface area contributed by atoms with Gasteiger partial charge in [-0.15, -0.1) is 0 Å². The molecule has 0 aliphatic rings. The van der Waals surface area contributed by atoms with Gasteiger partial charge in [0.2, 0.25) is 0 Å². The minimum absolute atomic E-state index is 0.658. The van der Waals surface area contributed by atoms with Gasteiger partial charge in [0, 0.05) is 0 Å². The van der Waals surface area contributed by atoms with Crippen molar-refractivity contribution in [2.45, 2.75) is 11.4 Å². The quantitative estimate of drug-likeness (QED) is 0.550. The Morgan fingerprint density at radius 2 is 2.00 bits per heavy atom. The average molecular weight is 306 g/mol. The van der Waals surface area contributed by atoms with E-state index in [0.717, 1.165) is 5.57 Å². The molecule has 0 aromatic carbocycles. The zero-order valence-corrected chi connectivity index (χ0v) is 10.8. The molecule has 0 aliphatic heterocycles. The number of hydrogen-bond acceptors (Lipinski definition) is 0. The molecule has 0 aliphatic carbocycles. The zero-order chi connectivity index (χ0) is 8.20. The number of rotatable bonds is 3. The van der Waals surface area contributed by atoms with E-state index >= 15 is 0 Å². The van der Waals surface area contributed by atoms with Crippen LogP contribution in [0.4, 0.5) is 0 Å². The third-order valence-electron chi connectivity index (χ3n) is 0.882. The normalized spacial score (nSPS) is 13.4. The second-order valence-corrected chi connectivity index (χ2v) is 23.4. The van der Waals surface area contributed by atoms with E-state index < -0.39 is 15.0 Å². The van der Waals surface area contributed by atoms with Crippen molar-refractivity contribution >= 4 is 41.8 Å². The van der Waals surface area contributed by atoms with E-state index in [9.17, 15) is 0 Å². The van der Waals surface area contributed by atoms with Crippen molar-refractivity contribution in [3.63, 3.8) is 0 Å². The Morgan fingerprint density at radius 3 is 2.30 bits per heavy atom. The number of hydrogen-bond donors (Lipinski definition) is 0. The Labute approximate surface area is 76.9 Å². The van der Waals surface area contributed by atoms with Gasteiger partial charge in [0.1, 0.15) is 0 Å². The maximum absolute atomic E-state index is 5.73. The van der Waals surface area contributed by atoms with E-state index in [1.807, 2.05) is 13.0 Å². The molecule has 58 valence electrons. The molecule has 10 heavy (non-hydrogen) atoms. The molecule has 0 heterocycles. The van der Waals surface area contributed by atoms with Crippen LogP contribution >= 0.6 is 26.8 Å². The second kappa shape index (κ2) is 4.91. The second-order valence-electron chi connectivity index (χ2n) is 2.04. The van der Waals surface area contributed by atoms with Crippen LogP contribution in [0, 0.1) is 0 Å². The van der Waals surface area contributed by atoms with E-state index in [-0.39, 0.29) is 0 Å². The molecular weight excluding hydrogens is 297 g/mol. The number of halogens is 3. The molecule has 0 rings (SSSR count). The van der Waals surface area contributed by atoms with E-state index in [0.29, 0.717) is 4.44 Å². The predicted molar refractivity (Wildman–Crippen MR) is 52.1 cm³/mol. The van der Waals surface area contributed by atoms with Crippen molar-refractivity contribution in [3.05, 3.63) is 24.3 Å². The zero-order valence-electron chi connectivity index (χ0n) is 5.70. The molecule has 0 fully saturated rings. The van der Waals surface area contributed by atoms with Crippen molar-refractivity contribution in [3.8, 4) is 0 Å². The van der Waals surface area contributed by atoms with Crippen LogP contribution < -0.4 is 0 Å². The van der Waals surface area contributed by atoms with Gasteiger partial charge in [0.05, 0.1) is 0 Å². The molecule has 0 nitrogen and oxygen atoms in total. The topological polar surface area (TPSA) is 0 Å². The summed E-state index contributed by atoms with van der Waals surface area (Å²) in [7, 11) is 17.2. The first kappa shape index (κ1) is 11.1. The molecule has 0 radical (unpaired) electrons. The summed E-state index contributed by atoms with van der Waals surface area (Å²) < 4.78 is 0.658. The fourth-order valence-electron chi connectivity index (χ4n) is 0.576. The van der Waals surface area contributed by atoms with E-state index in [4.69, 9.17) is 26.8 Å². The van der Waals surface area contributed by atoms with Gasteiger partial charge in [-0.25, -0.2) is 0 Å². The van der Waals surface area contributed by atoms with Crippen LogP contribution in [0.3, 0.4) is 0 Å². The van der Waals surface area contributed by atoms with Crippen molar-refractivity contribution in [2.75, 3.05) is 0 Å². The van der Waals surface area contributed by atoms with Gasteiger partial charge in [-0.3, -0.25) is 0 Å². The molecule has 0 aromatic heterocycles. The van der Waals surface area contributed by atoms with Crippen molar-refractivity contribution in [1.29, 1.82) is 0 Å². The summed E-state index contributed by atoms with van der Waals surface area (Å²) in [6, 6.07) is 0. The van der Waals surface area contributed by atoms with Crippen LogP contribution in [0.15, 0.2) is 24.3 Å². The minimum atomic E-state index is -3.11. The summed E-state index contributed by atoms with van der Waals surface area (Å²) in [5.74, 6) is 0. The van der Waals surface area contributed by atoms with Gasteiger partial charge >= 0.3 is 77.4 Å². The molecule has 0 bridgehead atoms. The Balaban J connectivity index is 3.91. The summed E-state index contributed by atoms with van der Waals surface area (Å²) in [5, 5.41) is 0. The molecule has 0 atom stereocenters. The van der Waals surface area contributed by atoms with Gasteiger partial charge in [-0.2, -0.15) is 0 Å². The van der Waals surface area contributed by atoms with Crippen molar-refractivity contribution in [2.24, 2.45) is 0 Å². The SMILES string of the molecule is C=C/C=C(/C)[CH2][Sn]([Cl])([Cl])[Cl]. The van der Waals surface area contributed by atoms with Crippen molar-refractivity contribution in [1.82, 2.24) is 0 Å². The molecule has 0 amide bonds. The van der Waals surface area contributed by atoms with E-state index in [2.05, 4.69) is 6.58 Å². The third-order valence-corrected chi connectivity index (χ3v) is 6.31. The van der Waals surface area contributed by atoms with Crippen LogP contribution in [0.5, 0.6) is 0 Å². The van der Waals surface area contributed by atoms with Crippen LogP contribution in [0.2, 0.25) is 4.44 Å². The molecule has 4 heteroatoms. The molecular formula is C6H9Cl3Sn.